The summed E-state index contributed by atoms with van der Waals surface area (Å²) in [6.45, 7) is 4.58. The number of ketones is 1. The monoisotopic (exact) mass is 368 g/mol. The van der Waals surface area contributed by atoms with E-state index < -0.39 is 0 Å². The lowest BCUT2D eigenvalue weighted by Crippen LogP contribution is -3.12. The molecule has 4 heteroatoms. The molecule has 0 radical (unpaired) electrons. The van der Waals surface area contributed by atoms with Crippen LogP contribution < -0.4 is 9.64 Å². The maximum atomic E-state index is 12.6. The average Bonchev–Trinajstić information content (AvgIpc) is 2.81. The third-order valence-corrected chi connectivity index (χ3v) is 6.48. The number of fused-ring (bicyclic) bond motifs is 2. The van der Waals surface area contributed by atoms with Crippen LogP contribution in [0.15, 0.2) is 52.3 Å². The Labute approximate surface area is 159 Å². The Hall–Kier alpha value is -1.78. The Kier molecular flexibility index (Phi) is 5.61. The molecule has 0 amide bonds. The van der Waals surface area contributed by atoms with Crippen LogP contribution in [0.1, 0.15) is 41.6 Å². The van der Waals surface area contributed by atoms with E-state index in [-0.39, 0.29) is 5.78 Å². The molecule has 0 unspecified atom stereocenters. The number of benzene rings is 2. The first-order chi connectivity index (χ1) is 12.8. The summed E-state index contributed by atoms with van der Waals surface area (Å²) < 4.78 is 5.99. The highest BCUT2D eigenvalue weighted by atomic mass is 32.2. The smallest absolute Gasteiger partial charge is 0.168 e. The number of ether oxygens (including phenoxy) is 1. The summed E-state index contributed by atoms with van der Waals surface area (Å²) in [6, 6.07) is 14.1. The highest BCUT2D eigenvalue weighted by Gasteiger charge is 2.20. The molecule has 1 fully saturated rings. The Bertz CT molecular complexity index is 783. The SMILES string of the molecule is O=C1Cc2ccccc2Sc2cc(OCCC[NH+]3CCCCC3)ccc21. The van der Waals surface area contributed by atoms with Crippen LogP contribution in [0.25, 0.3) is 0 Å². The largest absolute Gasteiger partial charge is 0.493 e. The second-order valence-corrected chi connectivity index (χ2v) is 8.31. The molecule has 0 atom stereocenters. The zero-order chi connectivity index (χ0) is 17.8. The first kappa shape index (κ1) is 17.6. The molecule has 0 aliphatic carbocycles. The molecule has 1 N–H and O–H groups in total. The summed E-state index contributed by atoms with van der Waals surface area (Å²) in [7, 11) is 0. The molecule has 3 nitrogen and oxygen atoms in total. The number of carbonyl (C=O) groups excluding carboxylic acids is 1. The van der Waals surface area contributed by atoms with E-state index in [0.29, 0.717) is 6.42 Å². The van der Waals surface area contributed by atoms with Crippen LogP contribution in [0, 0.1) is 0 Å². The zero-order valence-electron chi connectivity index (χ0n) is 15.1. The van der Waals surface area contributed by atoms with Gasteiger partial charge in [-0.2, -0.15) is 0 Å². The molecule has 4 rings (SSSR count). The first-order valence-electron chi connectivity index (χ1n) is 9.69. The lowest BCUT2D eigenvalue weighted by atomic mass is 10.0. The normalized spacial score (nSPS) is 17.3. The van der Waals surface area contributed by atoms with E-state index in [1.807, 2.05) is 36.4 Å². The number of likely N-dealkylation sites (tertiary alicyclic amines) is 1. The first-order valence-corrected chi connectivity index (χ1v) is 10.5. The second kappa shape index (κ2) is 8.28. The number of nitrogens with one attached hydrogen (secondary N) is 1. The van der Waals surface area contributed by atoms with E-state index in [1.165, 1.54) is 43.8 Å². The molecule has 2 aromatic rings. The molecule has 26 heavy (non-hydrogen) atoms. The van der Waals surface area contributed by atoms with Crippen LogP contribution in [0.3, 0.4) is 0 Å². The fourth-order valence-electron chi connectivity index (χ4n) is 3.86. The molecule has 0 bridgehead atoms. The van der Waals surface area contributed by atoms with Gasteiger partial charge in [-0.1, -0.05) is 30.0 Å². The van der Waals surface area contributed by atoms with Gasteiger partial charge in [0.2, 0.25) is 0 Å². The molecular formula is C22H26NO2S+. The van der Waals surface area contributed by atoms with Crippen molar-refractivity contribution < 1.29 is 14.4 Å². The molecule has 2 aromatic carbocycles. The van der Waals surface area contributed by atoms with Gasteiger partial charge in [0, 0.05) is 28.2 Å². The summed E-state index contributed by atoms with van der Waals surface area (Å²) in [5, 5.41) is 0. The highest BCUT2D eigenvalue weighted by Crippen LogP contribution is 2.38. The van der Waals surface area contributed by atoms with Gasteiger partial charge < -0.3 is 9.64 Å². The minimum absolute atomic E-state index is 0.192. The van der Waals surface area contributed by atoms with Gasteiger partial charge in [-0.05, 0) is 49.1 Å². The van der Waals surface area contributed by atoms with E-state index in [1.54, 1.807) is 16.7 Å². The van der Waals surface area contributed by atoms with Crippen LogP contribution in [-0.2, 0) is 6.42 Å². The molecule has 2 aliphatic rings. The van der Waals surface area contributed by atoms with E-state index in [4.69, 9.17) is 4.74 Å². The van der Waals surface area contributed by atoms with Crippen LogP contribution in [-0.4, -0.2) is 32.0 Å². The third-order valence-electron chi connectivity index (χ3n) is 5.30. The summed E-state index contributed by atoms with van der Waals surface area (Å²) in [5.74, 6) is 1.06. The van der Waals surface area contributed by atoms with E-state index in [9.17, 15) is 4.79 Å². The second-order valence-electron chi connectivity index (χ2n) is 7.23. The molecule has 136 valence electrons. The van der Waals surface area contributed by atoms with Gasteiger partial charge in [-0.3, -0.25) is 4.79 Å². The average molecular weight is 369 g/mol. The number of hydrogen-bond donors (Lipinski definition) is 1. The number of carbonyl (C=O) groups is 1. The summed E-state index contributed by atoms with van der Waals surface area (Å²) in [5.41, 5.74) is 1.93. The van der Waals surface area contributed by atoms with Crippen LogP contribution >= 0.6 is 11.8 Å². The van der Waals surface area contributed by atoms with Crippen molar-refractivity contribution in [2.45, 2.75) is 41.9 Å². The molecule has 0 aromatic heterocycles. The van der Waals surface area contributed by atoms with Gasteiger partial charge in [0.05, 0.1) is 26.2 Å². The highest BCUT2D eigenvalue weighted by molar-refractivity contribution is 7.99. The van der Waals surface area contributed by atoms with Crippen molar-refractivity contribution in [3.05, 3.63) is 53.6 Å². The number of quaternary nitrogens is 1. The van der Waals surface area contributed by atoms with Crippen LogP contribution in [0.4, 0.5) is 0 Å². The third kappa shape index (κ3) is 4.13. The van der Waals surface area contributed by atoms with Crippen molar-refractivity contribution in [3.63, 3.8) is 0 Å². The van der Waals surface area contributed by atoms with Crippen molar-refractivity contribution in [1.82, 2.24) is 0 Å². The van der Waals surface area contributed by atoms with Crippen molar-refractivity contribution >= 4 is 17.5 Å². The standard InChI is InChI=1S/C22H25NO2S/c24-20-15-17-7-2-3-8-21(17)26-22-16-18(9-10-19(20)22)25-14-6-13-23-11-4-1-5-12-23/h2-3,7-10,16H,1,4-6,11-15H2/p+1. The molecule has 1 saturated heterocycles. The van der Waals surface area contributed by atoms with Gasteiger partial charge >= 0.3 is 0 Å². The topological polar surface area (TPSA) is 30.7 Å². The molecule has 2 heterocycles. The summed E-state index contributed by atoms with van der Waals surface area (Å²) in [4.78, 5) is 16.5. The predicted octanol–water partition coefficient (Wildman–Crippen LogP) is 3.41. The Morgan fingerprint density at radius 1 is 1.00 bits per heavy atom. The summed E-state index contributed by atoms with van der Waals surface area (Å²) >= 11 is 1.68. The van der Waals surface area contributed by atoms with Gasteiger partial charge in [-0.15, -0.1) is 0 Å². The fourth-order valence-corrected chi connectivity index (χ4v) is 4.98. The quantitative estimate of drug-likeness (QED) is 0.821. The number of Topliss-reactive ketones (excluding diaryl/α,β-unsaturated/α-hetero) is 1. The fraction of sp³-hybridized carbons (Fsp3) is 0.409. The van der Waals surface area contributed by atoms with Crippen molar-refractivity contribution in [2.24, 2.45) is 0 Å². The van der Waals surface area contributed by atoms with E-state index >= 15 is 0 Å². The van der Waals surface area contributed by atoms with Gasteiger partial charge in [-0.25, -0.2) is 0 Å². The van der Waals surface area contributed by atoms with Gasteiger partial charge in [0.15, 0.2) is 5.78 Å². The Morgan fingerprint density at radius 3 is 2.73 bits per heavy atom. The minimum atomic E-state index is 0.192. The Morgan fingerprint density at radius 2 is 1.85 bits per heavy atom. The van der Waals surface area contributed by atoms with Gasteiger partial charge in [0.1, 0.15) is 5.75 Å². The lowest BCUT2D eigenvalue weighted by Gasteiger charge is -2.23. The number of hydrogen-bond acceptors (Lipinski definition) is 3. The Balaban J connectivity index is 1.39. The molecule has 2 aliphatic heterocycles. The van der Waals surface area contributed by atoms with Crippen LogP contribution in [0.5, 0.6) is 5.75 Å². The minimum Gasteiger partial charge on any atom is -0.493 e. The number of piperidine rings is 1. The number of rotatable bonds is 5. The molecular weight excluding hydrogens is 342 g/mol. The van der Waals surface area contributed by atoms with Crippen molar-refractivity contribution in [1.29, 1.82) is 0 Å². The molecule has 0 spiro atoms. The van der Waals surface area contributed by atoms with Crippen LogP contribution in [0.2, 0.25) is 0 Å². The van der Waals surface area contributed by atoms with E-state index in [0.717, 1.165) is 34.8 Å². The molecule has 0 saturated carbocycles. The predicted molar refractivity (Wildman–Crippen MR) is 105 cm³/mol. The van der Waals surface area contributed by atoms with E-state index in [2.05, 4.69) is 6.07 Å². The van der Waals surface area contributed by atoms with Gasteiger partial charge in [0.25, 0.3) is 0 Å². The zero-order valence-corrected chi connectivity index (χ0v) is 15.9. The maximum Gasteiger partial charge on any atom is 0.168 e. The summed E-state index contributed by atoms with van der Waals surface area (Å²) in [6.07, 6.45) is 5.70. The lowest BCUT2D eigenvalue weighted by molar-refractivity contribution is -0.905. The van der Waals surface area contributed by atoms with Crippen molar-refractivity contribution in [2.75, 3.05) is 26.2 Å². The maximum absolute atomic E-state index is 12.6. The van der Waals surface area contributed by atoms with Crippen molar-refractivity contribution in [3.8, 4) is 5.75 Å².